The molecule has 34 heavy (non-hydrogen) atoms. The number of aryl methyl sites for hydroxylation is 1. The minimum absolute atomic E-state index is 0.390. The maximum atomic E-state index is 9.28. The average Bonchev–Trinajstić information content (AvgIpc) is 3.12. The maximum absolute atomic E-state index is 9.28. The Balaban J connectivity index is 1.98. The molecule has 4 rings (SSSR count). The van der Waals surface area contributed by atoms with E-state index >= 15 is 0 Å². The molecule has 0 N–H and O–H groups in total. The Bertz CT molecular complexity index is 1350. The van der Waals surface area contributed by atoms with Gasteiger partial charge in [0.15, 0.2) is 0 Å². The van der Waals surface area contributed by atoms with Crippen molar-refractivity contribution in [1.29, 1.82) is 5.26 Å². The first-order valence-corrected chi connectivity index (χ1v) is 12.1. The molecule has 0 aliphatic carbocycles. The van der Waals surface area contributed by atoms with Crippen LogP contribution < -0.4 is 4.68 Å². The van der Waals surface area contributed by atoms with Crippen LogP contribution in [0.4, 0.5) is 0 Å². The lowest BCUT2D eigenvalue weighted by molar-refractivity contribution is -0.683. The summed E-state index contributed by atoms with van der Waals surface area (Å²) in [5.74, 6) is 0.779. The van der Waals surface area contributed by atoms with Gasteiger partial charge in [-0.2, -0.15) is 9.94 Å². The third-order valence-electron chi connectivity index (χ3n) is 6.84. The summed E-state index contributed by atoms with van der Waals surface area (Å²) in [6.07, 6.45) is 2.26. The summed E-state index contributed by atoms with van der Waals surface area (Å²) in [6.45, 7) is 13.4. The monoisotopic (exact) mass is 448 g/mol. The van der Waals surface area contributed by atoms with Crippen molar-refractivity contribution in [3.63, 3.8) is 0 Å². The molecule has 3 aromatic carbocycles. The van der Waals surface area contributed by atoms with Crippen LogP contribution in [0.5, 0.6) is 0 Å². The molecule has 3 heteroatoms. The van der Waals surface area contributed by atoms with E-state index in [0.717, 1.165) is 11.3 Å². The molecule has 0 aliphatic rings. The highest BCUT2D eigenvalue weighted by molar-refractivity contribution is 5.79. The molecule has 172 valence electrons. The van der Waals surface area contributed by atoms with Gasteiger partial charge >= 0.3 is 0 Å². The van der Waals surface area contributed by atoms with E-state index in [1.54, 1.807) is 0 Å². The summed E-state index contributed by atoms with van der Waals surface area (Å²) in [5.41, 5.74) is 12.0. The van der Waals surface area contributed by atoms with Gasteiger partial charge in [-0.3, -0.25) is 0 Å². The molecule has 0 amide bonds. The highest BCUT2D eigenvalue weighted by atomic mass is 15.4. The molecule has 0 spiro atoms. The second-order valence-electron chi connectivity index (χ2n) is 9.81. The Morgan fingerprint density at radius 2 is 1.44 bits per heavy atom. The maximum Gasteiger partial charge on any atom is 0.238 e. The summed E-state index contributed by atoms with van der Waals surface area (Å²) in [6, 6.07) is 23.6. The van der Waals surface area contributed by atoms with Crippen molar-refractivity contribution in [2.75, 3.05) is 0 Å². The number of rotatable bonds is 5. The molecule has 0 bridgehead atoms. The minimum Gasteiger partial charge on any atom is -0.192 e. The van der Waals surface area contributed by atoms with Crippen LogP contribution in [0.2, 0.25) is 0 Å². The standard InChI is InChI=1S/C31H34N3/c1-20(2)27-16-26(25-11-9-8-10-12-25)17-28(21(3)4)31(27)29-19-34(33(7)23(29)6)30-14-13-24(18-32)15-22(30)5/h8-17,19-21H,1-7H3/q+1. The number of hydrogen-bond donors (Lipinski definition) is 0. The molecule has 0 unspecified atom stereocenters. The summed E-state index contributed by atoms with van der Waals surface area (Å²) in [5, 5.41) is 9.28. The molecule has 0 saturated carbocycles. The normalized spacial score (nSPS) is 11.3. The molecular weight excluding hydrogens is 414 g/mol. The molecule has 0 saturated heterocycles. The summed E-state index contributed by atoms with van der Waals surface area (Å²) >= 11 is 0. The summed E-state index contributed by atoms with van der Waals surface area (Å²) in [7, 11) is 2.11. The van der Waals surface area contributed by atoms with Gasteiger partial charge in [0, 0.05) is 11.6 Å². The third kappa shape index (κ3) is 4.17. The van der Waals surface area contributed by atoms with Gasteiger partial charge in [0.25, 0.3) is 0 Å². The number of nitrogens with zero attached hydrogens (tertiary/aromatic N) is 3. The zero-order chi connectivity index (χ0) is 24.6. The van der Waals surface area contributed by atoms with E-state index in [1.165, 1.54) is 39.1 Å². The first kappa shape index (κ1) is 23.5. The first-order chi connectivity index (χ1) is 16.2. The van der Waals surface area contributed by atoms with Crippen molar-refractivity contribution in [3.8, 4) is 34.0 Å². The molecule has 4 aromatic rings. The van der Waals surface area contributed by atoms with Gasteiger partial charge < -0.3 is 0 Å². The Labute approximate surface area is 203 Å². The van der Waals surface area contributed by atoms with Crippen molar-refractivity contribution in [2.24, 2.45) is 7.05 Å². The number of benzene rings is 3. The van der Waals surface area contributed by atoms with E-state index in [-0.39, 0.29) is 0 Å². The van der Waals surface area contributed by atoms with Gasteiger partial charge in [-0.05, 0) is 65.6 Å². The first-order valence-electron chi connectivity index (χ1n) is 12.1. The van der Waals surface area contributed by atoms with E-state index in [1.807, 2.05) is 18.2 Å². The molecule has 0 fully saturated rings. The smallest absolute Gasteiger partial charge is 0.192 e. The fourth-order valence-corrected chi connectivity index (χ4v) is 4.80. The molecule has 0 radical (unpaired) electrons. The minimum atomic E-state index is 0.390. The number of nitriles is 1. The van der Waals surface area contributed by atoms with Gasteiger partial charge in [0.2, 0.25) is 11.9 Å². The quantitative estimate of drug-likeness (QED) is 0.293. The Hall–Kier alpha value is -3.64. The lowest BCUT2D eigenvalue weighted by Crippen LogP contribution is -2.39. The molecule has 0 atom stereocenters. The van der Waals surface area contributed by atoms with Crippen molar-refractivity contribution < 1.29 is 4.68 Å². The Kier molecular flexibility index (Phi) is 6.44. The van der Waals surface area contributed by atoms with E-state index in [9.17, 15) is 5.26 Å². The molecule has 3 nitrogen and oxygen atoms in total. The van der Waals surface area contributed by atoms with Crippen LogP contribution in [0, 0.1) is 25.2 Å². The highest BCUT2D eigenvalue weighted by Gasteiger charge is 2.27. The number of hydrogen-bond acceptors (Lipinski definition) is 1. The summed E-state index contributed by atoms with van der Waals surface area (Å²) < 4.78 is 4.42. The van der Waals surface area contributed by atoms with Gasteiger partial charge in [-0.25, -0.2) is 0 Å². The molecular formula is C31H34N3+. The van der Waals surface area contributed by atoms with E-state index in [0.29, 0.717) is 17.4 Å². The van der Waals surface area contributed by atoms with Gasteiger partial charge in [-0.15, -0.1) is 0 Å². The van der Waals surface area contributed by atoms with Crippen LogP contribution in [0.3, 0.4) is 0 Å². The van der Waals surface area contributed by atoms with Gasteiger partial charge in [0.05, 0.1) is 29.9 Å². The van der Waals surface area contributed by atoms with Crippen LogP contribution in [0.25, 0.3) is 27.9 Å². The zero-order valence-electron chi connectivity index (χ0n) is 21.3. The fraction of sp³-hybridized carbons (Fsp3) is 0.290. The predicted molar refractivity (Wildman–Crippen MR) is 140 cm³/mol. The topological polar surface area (TPSA) is 32.6 Å². The zero-order valence-corrected chi connectivity index (χ0v) is 21.3. The predicted octanol–water partition coefficient (Wildman–Crippen LogP) is 7.37. The van der Waals surface area contributed by atoms with E-state index in [4.69, 9.17) is 0 Å². The van der Waals surface area contributed by atoms with Crippen LogP contribution in [-0.4, -0.2) is 4.68 Å². The Morgan fingerprint density at radius 3 is 1.97 bits per heavy atom. The second kappa shape index (κ2) is 9.31. The van der Waals surface area contributed by atoms with Crippen LogP contribution in [0.15, 0.2) is 66.9 Å². The Morgan fingerprint density at radius 1 is 0.824 bits per heavy atom. The van der Waals surface area contributed by atoms with E-state index in [2.05, 4.69) is 113 Å². The van der Waals surface area contributed by atoms with Crippen molar-refractivity contribution >= 4 is 0 Å². The van der Waals surface area contributed by atoms with Crippen LogP contribution in [0.1, 0.15) is 67.5 Å². The molecule has 1 heterocycles. The van der Waals surface area contributed by atoms with Gasteiger partial charge in [0.1, 0.15) is 0 Å². The average molecular weight is 449 g/mol. The number of aromatic nitrogens is 2. The van der Waals surface area contributed by atoms with Crippen molar-refractivity contribution in [1.82, 2.24) is 4.68 Å². The van der Waals surface area contributed by atoms with Crippen molar-refractivity contribution in [2.45, 2.75) is 53.4 Å². The third-order valence-corrected chi connectivity index (χ3v) is 6.84. The highest BCUT2D eigenvalue weighted by Crippen LogP contribution is 2.40. The van der Waals surface area contributed by atoms with Crippen molar-refractivity contribution in [3.05, 3.63) is 94.8 Å². The van der Waals surface area contributed by atoms with Crippen LogP contribution >= 0.6 is 0 Å². The van der Waals surface area contributed by atoms with Gasteiger partial charge in [-0.1, -0.05) is 74.8 Å². The molecule has 1 aromatic heterocycles. The fourth-order valence-electron chi connectivity index (χ4n) is 4.80. The lowest BCUT2D eigenvalue weighted by atomic mass is 9.82. The van der Waals surface area contributed by atoms with E-state index < -0.39 is 0 Å². The second-order valence-corrected chi connectivity index (χ2v) is 9.81. The lowest BCUT2D eigenvalue weighted by Gasteiger charge is -2.21. The SMILES string of the molecule is Cc1cc(C#N)ccc1-[n+]1cc(-c2c(C(C)C)cc(-c3ccccc3)cc2C(C)C)c(C)n1C. The van der Waals surface area contributed by atoms with Crippen LogP contribution in [-0.2, 0) is 7.05 Å². The molecule has 0 aliphatic heterocycles. The largest absolute Gasteiger partial charge is 0.238 e. The summed E-state index contributed by atoms with van der Waals surface area (Å²) in [4.78, 5) is 0.